The van der Waals surface area contributed by atoms with Gasteiger partial charge in [-0.15, -0.1) is 0 Å². The normalized spacial score (nSPS) is 15.5. The first-order chi connectivity index (χ1) is 14.8. The number of hydrogen-bond donors (Lipinski definition) is 1. The Morgan fingerprint density at radius 2 is 1.77 bits per heavy atom. The number of halogens is 1. The van der Waals surface area contributed by atoms with Crippen molar-refractivity contribution < 1.29 is 22.7 Å². The van der Waals surface area contributed by atoms with Crippen LogP contribution >= 0.6 is 11.6 Å². The molecule has 1 amide bonds. The van der Waals surface area contributed by atoms with Crippen molar-refractivity contribution in [3.8, 4) is 11.5 Å². The molecule has 0 aliphatic carbocycles. The molecular formula is C22H27ClN2O5S. The van der Waals surface area contributed by atoms with E-state index in [0.29, 0.717) is 55.4 Å². The highest BCUT2D eigenvalue weighted by Gasteiger charge is 2.30. The van der Waals surface area contributed by atoms with Crippen LogP contribution in [0.25, 0.3) is 0 Å². The highest BCUT2D eigenvalue weighted by atomic mass is 35.5. The molecule has 0 spiro atoms. The van der Waals surface area contributed by atoms with E-state index in [2.05, 4.69) is 5.32 Å². The van der Waals surface area contributed by atoms with Gasteiger partial charge in [-0.3, -0.25) is 4.79 Å². The first-order valence-corrected chi connectivity index (χ1v) is 11.9. The average Bonchev–Trinajstić information content (AvgIpc) is 2.78. The Morgan fingerprint density at radius 3 is 2.39 bits per heavy atom. The number of carbonyl (C=O) groups excluding carboxylic acids is 1. The van der Waals surface area contributed by atoms with E-state index in [9.17, 15) is 13.2 Å². The third kappa shape index (κ3) is 5.90. The van der Waals surface area contributed by atoms with Crippen LogP contribution < -0.4 is 14.8 Å². The Labute approximate surface area is 188 Å². The van der Waals surface area contributed by atoms with Gasteiger partial charge in [0.15, 0.2) is 0 Å². The van der Waals surface area contributed by atoms with Gasteiger partial charge in [-0.2, -0.15) is 4.31 Å². The Kier molecular flexibility index (Phi) is 7.80. The molecule has 31 heavy (non-hydrogen) atoms. The number of rotatable bonds is 8. The highest BCUT2D eigenvalue weighted by Crippen LogP contribution is 2.27. The molecular weight excluding hydrogens is 440 g/mol. The Balaban J connectivity index is 1.49. The summed E-state index contributed by atoms with van der Waals surface area (Å²) in [6, 6.07) is 11.6. The zero-order valence-electron chi connectivity index (χ0n) is 17.6. The van der Waals surface area contributed by atoms with Crippen molar-refractivity contribution in [1.82, 2.24) is 9.62 Å². The van der Waals surface area contributed by atoms with E-state index in [1.807, 2.05) is 12.1 Å². The van der Waals surface area contributed by atoms with Crippen LogP contribution in [-0.2, 0) is 21.4 Å². The van der Waals surface area contributed by atoms with Crippen molar-refractivity contribution in [2.24, 2.45) is 5.92 Å². The summed E-state index contributed by atoms with van der Waals surface area (Å²) < 4.78 is 37.6. The van der Waals surface area contributed by atoms with Crippen LogP contribution in [0.1, 0.15) is 24.8 Å². The van der Waals surface area contributed by atoms with E-state index in [1.54, 1.807) is 32.4 Å². The van der Waals surface area contributed by atoms with Crippen molar-refractivity contribution in [2.45, 2.75) is 30.7 Å². The van der Waals surface area contributed by atoms with Gasteiger partial charge in [0.25, 0.3) is 0 Å². The topological polar surface area (TPSA) is 84.9 Å². The molecule has 1 aliphatic heterocycles. The molecule has 7 nitrogen and oxygen atoms in total. The van der Waals surface area contributed by atoms with Gasteiger partial charge in [-0.25, -0.2) is 8.42 Å². The number of hydrogen-bond acceptors (Lipinski definition) is 5. The average molecular weight is 467 g/mol. The van der Waals surface area contributed by atoms with Crippen LogP contribution in [0.15, 0.2) is 47.4 Å². The van der Waals surface area contributed by atoms with Crippen molar-refractivity contribution in [2.75, 3.05) is 27.3 Å². The number of nitrogens with one attached hydrogen (secondary N) is 1. The zero-order chi connectivity index (χ0) is 22.4. The molecule has 0 atom stereocenters. The van der Waals surface area contributed by atoms with Crippen LogP contribution in [0.2, 0.25) is 5.02 Å². The van der Waals surface area contributed by atoms with Crippen molar-refractivity contribution in [1.29, 1.82) is 0 Å². The predicted molar refractivity (Wildman–Crippen MR) is 119 cm³/mol. The quantitative estimate of drug-likeness (QED) is 0.644. The summed E-state index contributed by atoms with van der Waals surface area (Å²) in [5.74, 6) is 1.43. The molecule has 0 bridgehead atoms. The van der Waals surface area contributed by atoms with Crippen LogP contribution in [-0.4, -0.2) is 45.9 Å². The summed E-state index contributed by atoms with van der Waals surface area (Å²) in [5, 5.41) is 3.42. The van der Waals surface area contributed by atoms with E-state index in [0.717, 1.165) is 5.56 Å². The van der Waals surface area contributed by atoms with Gasteiger partial charge in [-0.05, 0) is 55.2 Å². The first kappa shape index (κ1) is 23.4. The lowest BCUT2D eigenvalue weighted by molar-refractivity contribution is -0.122. The summed E-state index contributed by atoms with van der Waals surface area (Å²) in [4.78, 5) is 12.7. The largest absolute Gasteiger partial charge is 0.497 e. The summed E-state index contributed by atoms with van der Waals surface area (Å²) in [7, 11) is -0.380. The fraction of sp³-hybridized carbons (Fsp3) is 0.409. The maximum atomic E-state index is 12.8. The number of carbonyl (C=O) groups is 1. The molecule has 0 aromatic heterocycles. The maximum absolute atomic E-state index is 12.8. The molecule has 1 fully saturated rings. The fourth-order valence-electron chi connectivity index (χ4n) is 3.64. The second-order valence-electron chi connectivity index (χ2n) is 7.46. The standard InChI is InChI=1S/C22H27ClN2O5S/c1-29-19-6-3-17(21(14-19)30-2)15-24-22(26)13-16-9-11-25(12-10-16)31(27,28)20-7-4-18(23)5-8-20/h3-8,14,16H,9-13,15H2,1-2H3,(H,24,26). The van der Waals surface area contributed by atoms with Gasteiger partial charge in [0.05, 0.1) is 19.1 Å². The predicted octanol–water partition coefficient (Wildman–Crippen LogP) is 3.46. The number of ether oxygens (including phenoxy) is 2. The summed E-state index contributed by atoms with van der Waals surface area (Å²) in [6.07, 6.45) is 1.66. The number of sulfonamides is 1. The van der Waals surface area contributed by atoms with Gasteiger partial charge in [0.1, 0.15) is 11.5 Å². The third-order valence-electron chi connectivity index (χ3n) is 5.47. The molecule has 2 aromatic rings. The fourth-order valence-corrected chi connectivity index (χ4v) is 5.23. The first-order valence-electron chi connectivity index (χ1n) is 10.1. The minimum absolute atomic E-state index is 0.0584. The van der Waals surface area contributed by atoms with E-state index in [4.69, 9.17) is 21.1 Å². The lowest BCUT2D eigenvalue weighted by Crippen LogP contribution is -2.39. The molecule has 0 saturated carbocycles. The molecule has 0 radical (unpaired) electrons. The molecule has 1 saturated heterocycles. The molecule has 3 rings (SSSR count). The van der Waals surface area contributed by atoms with Crippen molar-refractivity contribution in [3.05, 3.63) is 53.1 Å². The summed E-state index contributed by atoms with van der Waals surface area (Å²) in [6.45, 7) is 1.15. The molecule has 1 aliphatic rings. The van der Waals surface area contributed by atoms with E-state index in [1.165, 1.54) is 16.4 Å². The monoisotopic (exact) mass is 466 g/mol. The second-order valence-corrected chi connectivity index (χ2v) is 9.83. The van der Waals surface area contributed by atoms with Crippen LogP contribution in [0, 0.1) is 5.92 Å². The Morgan fingerprint density at radius 1 is 1.10 bits per heavy atom. The van der Waals surface area contributed by atoms with E-state index in [-0.39, 0.29) is 16.7 Å². The Hall–Kier alpha value is -2.29. The summed E-state index contributed by atoms with van der Waals surface area (Å²) >= 11 is 5.85. The number of benzene rings is 2. The molecule has 1 heterocycles. The second kappa shape index (κ2) is 10.3. The minimum Gasteiger partial charge on any atom is -0.497 e. The number of nitrogens with zero attached hydrogens (tertiary/aromatic N) is 1. The number of piperidine rings is 1. The van der Waals surface area contributed by atoms with Gasteiger partial charge in [-0.1, -0.05) is 11.6 Å². The zero-order valence-corrected chi connectivity index (χ0v) is 19.2. The molecule has 9 heteroatoms. The van der Waals surface area contributed by atoms with Gasteiger partial charge in [0, 0.05) is 42.7 Å². The maximum Gasteiger partial charge on any atom is 0.243 e. The van der Waals surface area contributed by atoms with Crippen molar-refractivity contribution >= 4 is 27.5 Å². The Bertz CT molecular complexity index is 1000. The van der Waals surface area contributed by atoms with Gasteiger partial charge < -0.3 is 14.8 Å². The smallest absolute Gasteiger partial charge is 0.243 e. The third-order valence-corrected chi connectivity index (χ3v) is 7.63. The SMILES string of the molecule is COc1ccc(CNC(=O)CC2CCN(S(=O)(=O)c3ccc(Cl)cc3)CC2)c(OC)c1. The number of methoxy groups -OCH3 is 2. The molecule has 1 N–H and O–H groups in total. The molecule has 0 unspecified atom stereocenters. The van der Waals surface area contributed by atoms with Crippen LogP contribution in [0.5, 0.6) is 11.5 Å². The lowest BCUT2D eigenvalue weighted by atomic mass is 9.94. The van der Waals surface area contributed by atoms with Gasteiger partial charge in [0.2, 0.25) is 15.9 Å². The highest BCUT2D eigenvalue weighted by molar-refractivity contribution is 7.89. The minimum atomic E-state index is -3.54. The summed E-state index contributed by atoms with van der Waals surface area (Å²) in [5.41, 5.74) is 0.862. The van der Waals surface area contributed by atoms with E-state index < -0.39 is 10.0 Å². The number of amides is 1. The van der Waals surface area contributed by atoms with E-state index >= 15 is 0 Å². The molecule has 168 valence electrons. The van der Waals surface area contributed by atoms with Crippen LogP contribution in [0.4, 0.5) is 0 Å². The van der Waals surface area contributed by atoms with Crippen LogP contribution in [0.3, 0.4) is 0 Å². The van der Waals surface area contributed by atoms with Gasteiger partial charge >= 0.3 is 0 Å². The van der Waals surface area contributed by atoms with Crippen molar-refractivity contribution in [3.63, 3.8) is 0 Å². The molecule has 2 aromatic carbocycles. The lowest BCUT2D eigenvalue weighted by Gasteiger charge is -2.31.